The van der Waals surface area contributed by atoms with Crippen LogP contribution in [0.2, 0.25) is 0 Å². The van der Waals surface area contributed by atoms with Crippen molar-refractivity contribution in [2.75, 3.05) is 6.54 Å². The lowest BCUT2D eigenvalue weighted by Gasteiger charge is -2.33. The molecule has 6 nitrogen and oxygen atoms in total. The highest BCUT2D eigenvalue weighted by atomic mass is 16.2. The third-order valence-corrected chi connectivity index (χ3v) is 5.53. The molecule has 0 saturated carbocycles. The van der Waals surface area contributed by atoms with Gasteiger partial charge in [0.05, 0.1) is 6.42 Å². The van der Waals surface area contributed by atoms with Gasteiger partial charge in [0.25, 0.3) is 5.78 Å². The molecule has 1 aromatic carbocycles. The summed E-state index contributed by atoms with van der Waals surface area (Å²) < 4.78 is 1.76. The Kier molecular flexibility index (Phi) is 4.64. The molecular weight excluding hydrogens is 338 g/mol. The first-order valence-electron chi connectivity index (χ1n) is 9.62. The zero-order valence-electron chi connectivity index (χ0n) is 16.1. The zero-order chi connectivity index (χ0) is 19.0. The van der Waals surface area contributed by atoms with Gasteiger partial charge in [0.2, 0.25) is 5.91 Å². The number of aromatic nitrogens is 4. The summed E-state index contributed by atoms with van der Waals surface area (Å²) in [5, 5.41) is 4.64. The number of aryl methyl sites for hydroxylation is 2. The van der Waals surface area contributed by atoms with E-state index >= 15 is 0 Å². The highest BCUT2D eigenvalue weighted by Gasteiger charge is 2.25. The van der Waals surface area contributed by atoms with Crippen LogP contribution in [0.4, 0.5) is 0 Å². The Morgan fingerprint density at radius 3 is 2.67 bits per heavy atom. The van der Waals surface area contributed by atoms with Crippen molar-refractivity contribution in [2.24, 2.45) is 0 Å². The Morgan fingerprint density at radius 2 is 1.93 bits per heavy atom. The largest absolute Gasteiger partial charge is 0.340 e. The molecule has 0 radical (unpaired) electrons. The fourth-order valence-electron chi connectivity index (χ4n) is 3.90. The van der Waals surface area contributed by atoms with Crippen molar-refractivity contribution in [1.29, 1.82) is 0 Å². The van der Waals surface area contributed by atoms with Crippen LogP contribution in [0, 0.1) is 13.8 Å². The summed E-state index contributed by atoms with van der Waals surface area (Å²) in [5.41, 5.74) is 3.70. The number of fused-ring (bicyclic) bond motifs is 1. The van der Waals surface area contributed by atoms with Crippen LogP contribution in [0.3, 0.4) is 0 Å². The van der Waals surface area contributed by atoms with Gasteiger partial charge in [-0.25, -0.2) is 9.50 Å². The first-order chi connectivity index (χ1) is 13.0. The molecule has 0 aliphatic carbocycles. The maximum absolute atomic E-state index is 12.9. The normalized spacial score (nSPS) is 17.4. The van der Waals surface area contributed by atoms with E-state index in [0.29, 0.717) is 24.1 Å². The molecule has 3 aromatic rings. The molecule has 3 heterocycles. The molecule has 0 N–H and O–H groups in total. The van der Waals surface area contributed by atoms with E-state index < -0.39 is 0 Å². The second-order valence-corrected chi connectivity index (χ2v) is 7.38. The lowest BCUT2D eigenvalue weighted by Crippen LogP contribution is -2.43. The van der Waals surface area contributed by atoms with E-state index in [1.54, 1.807) is 4.52 Å². The van der Waals surface area contributed by atoms with Gasteiger partial charge >= 0.3 is 0 Å². The number of nitrogens with zero attached hydrogens (tertiary/aromatic N) is 5. The molecule has 4 rings (SSSR count). The Balaban J connectivity index is 1.68. The van der Waals surface area contributed by atoms with Crippen LogP contribution in [-0.4, -0.2) is 43.0 Å². The fraction of sp³-hybridized carbons (Fsp3) is 0.429. The van der Waals surface area contributed by atoms with Crippen molar-refractivity contribution < 1.29 is 4.79 Å². The van der Waals surface area contributed by atoms with Gasteiger partial charge in [0.1, 0.15) is 0 Å². The van der Waals surface area contributed by atoms with Crippen LogP contribution >= 0.6 is 0 Å². The highest BCUT2D eigenvalue weighted by molar-refractivity contribution is 5.79. The van der Waals surface area contributed by atoms with E-state index in [9.17, 15) is 4.79 Å². The van der Waals surface area contributed by atoms with Crippen LogP contribution in [0.5, 0.6) is 0 Å². The zero-order valence-corrected chi connectivity index (χ0v) is 16.1. The van der Waals surface area contributed by atoms with Crippen LogP contribution < -0.4 is 0 Å². The van der Waals surface area contributed by atoms with E-state index in [2.05, 4.69) is 22.0 Å². The maximum Gasteiger partial charge on any atom is 0.253 e. The van der Waals surface area contributed by atoms with Gasteiger partial charge in [-0.2, -0.15) is 4.98 Å². The summed E-state index contributed by atoms with van der Waals surface area (Å²) in [5.74, 6) is 1.41. The number of hydrogen-bond donors (Lipinski definition) is 0. The SMILES string of the molecule is Cc1nc2nc(-c3ccccc3)nn2c(C)c1CC(=O)N1CCCC[C@H]1C. The third-order valence-electron chi connectivity index (χ3n) is 5.53. The summed E-state index contributed by atoms with van der Waals surface area (Å²) in [7, 11) is 0. The average Bonchev–Trinajstić information content (AvgIpc) is 3.10. The van der Waals surface area contributed by atoms with Gasteiger partial charge in [-0.3, -0.25) is 4.79 Å². The Labute approximate surface area is 159 Å². The van der Waals surface area contributed by atoms with Gasteiger partial charge in [0.15, 0.2) is 5.82 Å². The van der Waals surface area contributed by atoms with Gasteiger partial charge < -0.3 is 4.90 Å². The smallest absolute Gasteiger partial charge is 0.253 e. The monoisotopic (exact) mass is 363 g/mol. The molecule has 27 heavy (non-hydrogen) atoms. The summed E-state index contributed by atoms with van der Waals surface area (Å²) in [4.78, 5) is 24.1. The Hall–Kier alpha value is -2.76. The molecule has 2 aromatic heterocycles. The molecule has 1 fully saturated rings. The van der Waals surface area contributed by atoms with Gasteiger partial charge in [-0.15, -0.1) is 5.10 Å². The van der Waals surface area contributed by atoms with Crippen LogP contribution in [-0.2, 0) is 11.2 Å². The standard InChI is InChI=1S/C21H25N5O/c1-14-9-7-8-12-25(14)19(27)13-18-15(2)22-21-23-20(24-26(21)16(18)3)17-10-5-4-6-11-17/h4-6,10-11,14H,7-9,12-13H2,1-3H3/t14-/m1/s1. The summed E-state index contributed by atoms with van der Waals surface area (Å²) >= 11 is 0. The van der Waals surface area contributed by atoms with Crippen molar-refractivity contribution in [3.05, 3.63) is 47.3 Å². The van der Waals surface area contributed by atoms with Crippen LogP contribution in [0.1, 0.15) is 43.1 Å². The van der Waals surface area contributed by atoms with E-state index in [-0.39, 0.29) is 5.91 Å². The fourth-order valence-corrected chi connectivity index (χ4v) is 3.90. The van der Waals surface area contributed by atoms with Gasteiger partial charge in [-0.1, -0.05) is 30.3 Å². The first kappa shape index (κ1) is 17.6. The summed E-state index contributed by atoms with van der Waals surface area (Å²) in [6.07, 6.45) is 3.75. The molecule has 1 aliphatic heterocycles. The minimum atomic E-state index is 0.179. The van der Waals surface area contributed by atoms with Crippen molar-refractivity contribution in [3.8, 4) is 11.4 Å². The van der Waals surface area contributed by atoms with Gasteiger partial charge in [-0.05, 0) is 40.0 Å². The van der Waals surface area contributed by atoms with Crippen LogP contribution in [0.25, 0.3) is 17.2 Å². The van der Waals surface area contributed by atoms with Crippen molar-refractivity contribution >= 4 is 11.7 Å². The second-order valence-electron chi connectivity index (χ2n) is 7.38. The predicted molar refractivity (Wildman–Crippen MR) is 104 cm³/mol. The number of likely N-dealkylation sites (tertiary alicyclic amines) is 1. The molecule has 1 atom stereocenters. The number of piperidine rings is 1. The first-order valence-corrected chi connectivity index (χ1v) is 9.62. The third kappa shape index (κ3) is 3.31. The van der Waals surface area contributed by atoms with E-state index in [4.69, 9.17) is 0 Å². The molecule has 0 bridgehead atoms. The molecule has 0 spiro atoms. The van der Waals surface area contributed by atoms with Crippen LogP contribution in [0.15, 0.2) is 30.3 Å². The van der Waals surface area contributed by atoms with Gasteiger partial charge in [0, 0.05) is 35.1 Å². The molecule has 1 aliphatic rings. The predicted octanol–water partition coefficient (Wildman–Crippen LogP) is 3.35. The lowest BCUT2D eigenvalue weighted by atomic mass is 10.0. The molecule has 6 heteroatoms. The number of carbonyl (C=O) groups is 1. The highest BCUT2D eigenvalue weighted by Crippen LogP contribution is 2.22. The minimum absolute atomic E-state index is 0.179. The Morgan fingerprint density at radius 1 is 1.15 bits per heavy atom. The number of benzene rings is 1. The van der Waals surface area contributed by atoms with Crippen molar-refractivity contribution in [2.45, 2.75) is 52.5 Å². The number of hydrogen-bond acceptors (Lipinski definition) is 4. The molecule has 1 amide bonds. The number of carbonyl (C=O) groups excluding carboxylic acids is 1. The second kappa shape index (κ2) is 7.10. The molecule has 140 valence electrons. The topological polar surface area (TPSA) is 63.4 Å². The quantitative estimate of drug-likeness (QED) is 0.716. The van der Waals surface area contributed by atoms with Crippen molar-refractivity contribution in [3.63, 3.8) is 0 Å². The van der Waals surface area contributed by atoms with E-state index in [1.807, 2.05) is 49.1 Å². The van der Waals surface area contributed by atoms with E-state index in [0.717, 1.165) is 41.9 Å². The minimum Gasteiger partial charge on any atom is -0.340 e. The van der Waals surface area contributed by atoms with E-state index in [1.165, 1.54) is 6.42 Å². The molecule has 1 saturated heterocycles. The molecule has 0 unspecified atom stereocenters. The average molecular weight is 363 g/mol. The lowest BCUT2D eigenvalue weighted by molar-refractivity contribution is -0.133. The Bertz CT molecular complexity index is 979. The maximum atomic E-state index is 12.9. The number of rotatable bonds is 3. The summed E-state index contributed by atoms with van der Waals surface area (Å²) in [6, 6.07) is 10.2. The van der Waals surface area contributed by atoms with Crippen molar-refractivity contribution in [1.82, 2.24) is 24.5 Å². The molecular formula is C21H25N5O. The summed E-state index contributed by atoms with van der Waals surface area (Å²) in [6.45, 7) is 6.94. The number of amides is 1.